The Kier molecular flexibility index (Phi) is 18.9. The number of aryl methyl sites for hydroxylation is 2. The van der Waals surface area contributed by atoms with Crippen LogP contribution in [0.25, 0.3) is 21.2 Å². The number of ether oxygens (including phenoxy) is 2. The molecule has 374 valence electrons. The molecule has 1 aromatic heterocycles. The second kappa shape index (κ2) is 25.4. The van der Waals surface area contributed by atoms with Gasteiger partial charge in [0.2, 0.25) is 0 Å². The Morgan fingerprint density at radius 1 is 0.479 bits per heavy atom. The van der Waals surface area contributed by atoms with Crippen LogP contribution in [0, 0.1) is 0 Å². The molecule has 6 aromatic carbocycles. The molecule has 1 heterocycles. The summed E-state index contributed by atoms with van der Waals surface area (Å²) in [6.45, 7) is 10.6. The zero-order valence-electron chi connectivity index (χ0n) is 44.5. The van der Waals surface area contributed by atoms with Gasteiger partial charge in [-0.1, -0.05) is 79.1 Å². The molecule has 5 heteroatoms. The van der Waals surface area contributed by atoms with Gasteiger partial charge >= 0.3 is 326 Å². The fraction of sp³-hybridized carbons (Fsp3) is 0.424. The van der Waals surface area contributed by atoms with Gasteiger partial charge in [0.15, 0.2) is 0 Å². The molecule has 0 saturated heterocycles. The minimum atomic E-state index is -2.60. The van der Waals surface area contributed by atoms with Crippen LogP contribution in [0.4, 0.5) is 17.1 Å². The van der Waals surface area contributed by atoms with Crippen molar-refractivity contribution >= 4 is 60.4 Å². The van der Waals surface area contributed by atoms with Crippen molar-refractivity contribution in [1.82, 2.24) is 0 Å². The third-order valence-corrected chi connectivity index (χ3v) is 25.5. The molecular formula is C66H83NO2SSn. The fourth-order valence-corrected chi connectivity index (χ4v) is 17.3. The van der Waals surface area contributed by atoms with Crippen LogP contribution >= 0.6 is 11.3 Å². The van der Waals surface area contributed by atoms with E-state index in [0.717, 1.165) is 61.8 Å². The molecule has 0 aliphatic heterocycles. The van der Waals surface area contributed by atoms with E-state index < -0.39 is 23.8 Å². The first-order valence-electron chi connectivity index (χ1n) is 27.9. The van der Waals surface area contributed by atoms with Gasteiger partial charge < -0.3 is 9.47 Å². The number of anilines is 3. The number of nitrogens with zero attached hydrogens (tertiary/aromatic N) is 1. The second-order valence-electron chi connectivity index (χ2n) is 21.4. The Balaban J connectivity index is 1.31. The van der Waals surface area contributed by atoms with Crippen molar-refractivity contribution in [3.05, 3.63) is 167 Å². The van der Waals surface area contributed by atoms with Crippen molar-refractivity contribution in [2.45, 2.75) is 164 Å². The maximum absolute atomic E-state index is 6.31. The van der Waals surface area contributed by atoms with Crippen LogP contribution in [0.15, 0.2) is 133 Å². The zero-order chi connectivity index (χ0) is 49.6. The Hall–Kier alpha value is -4.52. The standard InChI is InChI=1S/C63H74NO2S.3CH3.Sn/c1-5-9-13-17-22-48-26-30-50(31-27-48)63(51-32-28-49(29-33-51)23-18-14-10-6-2)58-25-21-24-56-60(43-42-57(61(56)58)62-59(63)44-47-67-62)64(52-34-38-54(39-35-52)65-45-19-15-11-7-3)53-36-40-55(41-37-53)66-46-20-16-12-8-4;;;;/h21,24-44H,5-20,22-23,45-46H2,1-4H3;3*1H3;. The molecule has 71 heavy (non-hydrogen) atoms. The molecule has 0 N–H and O–H groups in total. The number of thiophene rings is 1. The molecule has 0 amide bonds. The molecule has 7 aromatic rings. The van der Waals surface area contributed by atoms with Crippen LogP contribution < -0.4 is 17.3 Å². The van der Waals surface area contributed by atoms with Gasteiger partial charge in [0, 0.05) is 0 Å². The Morgan fingerprint density at radius 3 is 1.42 bits per heavy atom. The van der Waals surface area contributed by atoms with Gasteiger partial charge in [-0.3, -0.25) is 0 Å². The van der Waals surface area contributed by atoms with Crippen molar-refractivity contribution in [3.63, 3.8) is 0 Å². The molecule has 3 nitrogen and oxygen atoms in total. The molecule has 0 fully saturated rings. The summed E-state index contributed by atoms with van der Waals surface area (Å²) in [4.78, 5) is 11.7. The zero-order valence-corrected chi connectivity index (χ0v) is 48.2. The summed E-state index contributed by atoms with van der Waals surface area (Å²) >= 11 is -0.512. The van der Waals surface area contributed by atoms with Gasteiger partial charge in [0.25, 0.3) is 0 Å². The first-order chi connectivity index (χ1) is 34.7. The third-order valence-electron chi connectivity index (χ3n) is 14.9. The predicted molar refractivity (Wildman–Crippen MR) is 312 cm³/mol. The molecule has 8 rings (SSSR count). The number of hydrogen-bond donors (Lipinski definition) is 0. The average molecular weight is 1070 g/mol. The molecule has 1 aliphatic rings. The van der Waals surface area contributed by atoms with Gasteiger partial charge in [-0.25, -0.2) is 0 Å². The van der Waals surface area contributed by atoms with Gasteiger partial charge in [-0.15, -0.1) is 0 Å². The Morgan fingerprint density at radius 2 is 0.958 bits per heavy atom. The van der Waals surface area contributed by atoms with Crippen LogP contribution in [0.2, 0.25) is 14.8 Å². The Bertz CT molecular complexity index is 2620. The van der Waals surface area contributed by atoms with Crippen LogP contribution in [0.3, 0.4) is 0 Å². The fourth-order valence-electron chi connectivity index (χ4n) is 10.9. The number of fused-ring (bicyclic) bond motifs is 2. The second-order valence-corrected chi connectivity index (χ2v) is 37.8. The topological polar surface area (TPSA) is 21.7 Å². The molecule has 0 spiro atoms. The van der Waals surface area contributed by atoms with Crippen LogP contribution in [-0.4, -0.2) is 31.6 Å². The van der Waals surface area contributed by atoms with Gasteiger partial charge in [0.05, 0.1) is 13.2 Å². The van der Waals surface area contributed by atoms with Gasteiger partial charge in [-0.2, -0.15) is 0 Å². The average Bonchev–Trinajstić information content (AvgIpc) is 3.86. The number of unbranched alkanes of at least 4 members (excludes halogenated alkanes) is 12. The van der Waals surface area contributed by atoms with Gasteiger partial charge in [0.1, 0.15) is 0 Å². The molecule has 1 aliphatic carbocycles. The monoisotopic (exact) mass is 1070 g/mol. The summed E-state index contributed by atoms with van der Waals surface area (Å²) in [5, 5.41) is 2.61. The number of rotatable bonds is 28. The summed E-state index contributed by atoms with van der Waals surface area (Å²) in [5.41, 5.74) is 12.6. The molecule has 0 bridgehead atoms. The molecule has 0 radical (unpaired) electrons. The van der Waals surface area contributed by atoms with E-state index in [1.165, 1.54) is 150 Å². The van der Waals surface area contributed by atoms with E-state index in [0.29, 0.717) is 0 Å². The van der Waals surface area contributed by atoms with Crippen molar-refractivity contribution < 1.29 is 9.47 Å². The van der Waals surface area contributed by atoms with E-state index in [4.69, 9.17) is 9.47 Å². The Labute approximate surface area is 437 Å². The van der Waals surface area contributed by atoms with Crippen molar-refractivity contribution in [3.8, 4) is 21.9 Å². The van der Waals surface area contributed by atoms with Crippen molar-refractivity contribution in [1.29, 1.82) is 0 Å². The summed E-state index contributed by atoms with van der Waals surface area (Å²) in [7, 11) is 0. The molecule has 0 saturated carbocycles. The van der Waals surface area contributed by atoms with E-state index in [-0.39, 0.29) is 0 Å². The van der Waals surface area contributed by atoms with E-state index in [1.807, 2.05) is 0 Å². The maximum atomic E-state index is 6.31. The first-order valence-corrected chi connectivity index (χ1v) is 38.7. The van der Waals surface area contributed by atoms with E-state index >= 15 is 0 Å². The van der Waals surface area contributed by atoms with Gasteiger partial charge in [-0.05, 0) is 12.8 Å². The summed E-state index contributed by atoms with van der Waals surface area (Å²) in [5.74, 6) is 1.84. The van der Waals surface area contributed by atoms with Crippen molar-refractivity contribution in [2.75, 3.05) is 18.1 Å². The van der Waals surface area contributed by atoms with Crippen molar-refractivity contribution in [2.24, 2.45) is 0 Å². The van der Waals surface area contributed by atoms with E-state index in [9.17, 15) is 0 Å². The predicted octanol–water partition coefficient (Wildman–Crippen LogP) is 19.4. The molecular weight excluding hydrogens is 990 g/mol. The van der Waals surface area contributed by atoms with Crippen LogP contribution in [-0.2, 0) is 18.3 Å². The number of benzene rings is 6. The van der Waals surface area contributed by atoms with E-state index in [1.54, 1.807) is 2.89 Å². The summed E-state index contributed by atoms with van der Waals surface area (Å²) < 4.78 is 14.2. The number of hydrogen-bond acceptors (Lipinski definition) is 4. The first kappa shape index (κ1) is 52.8. The summed E-state index contributed by atoms with van der Waals surface area (Å²) in [6, 6.07) is 52.1. The van der Waals surface area contributed by atoms with Crippen LogP contribution in [0.5, 0.6) is 11.5 Å². The molecule has 0 unspecified atom stereocenters. The van der Waals surface area contributed by atoms with Crippen LogP contribution in [0.1, 0.15) is 164 Å². The minimum absolute atomic E-state index is 0.509. The third kappa shape index (κ3) is 12.3. The van der Waals surface area contributed by atoms with E-state index in [2.05, 4.69) is 192 Å². The summed E-state index contributed by atoms with van der Waals surface area (Å²) in [6.07, 6.45) is 22.0. The SMILES string of the molecule is CCCCCCOc1ccc(N(c2ccc(OCCCCCC)cc2)c2ccc3c4c(cccc24)C(c2ccc(CCCCCC)cc2)(c2ccc(CCCCCC)cc2)c2c[c]([Sn]([CH3])([CH3])[CH3])sc2-3)cc1. The quantitative estimate of drug-likeness (QED) is 0.0360. The normalized spacial score (nSPS) is 12.8. The molecule has 0 atom stereocenters.